The zero-order chi connectivity index (χ0) is 25.9. The van der Waals surface area contributed by atoms with E-state index in [2.05, 4.69) is 14.4 Å². The number of hydrogen-bond acceptors (Lipinski definition) is 4. The van der Waals surface area contributed by atoms with E-state index in [1.807, 2.05) is 13.8 Å². The van der Waals surface area contributed by atoms with Gasteiger partial charge in [0.25, 0.3) is 5.91 Å². The normalized spacial score (nSPS) is 11.7. The third kappa shape index (κ3) is 6.17. The van der Waals surface area contributed by atoms with Crippen LogP contribution in [0.5, 0.6) is 0 Å². The Morgan fingerprint density at radius 3 is 2.43 bits per heavy atom. The maximum absolute atomic E-state index is 13.4. The summed E-state index contributed by atoms with van der Waals surface area (Å²) in [5.41, 5.74) is -0.630. The number of aromatic nitrogens is 3. The molecule has 2 heterocycles. The molecule has 0 saturated carbocycles. The van der Waals surface area contributed by atoms with Gasteiger partial charge >= 0.3 is 6.18 Å². The lowest BCUT2D eigenvalue weighted by molar-refractivity contribution is -0.141. The average molecular weight is 545 g/mol. The summed E-state index contributed by atoms with van der Waals surface area (Å²) in [5.74, 6) is 0.00423. The van der Waals surface area contributed by atoms with Gasteiger partial charge in [-0.3, -0.25) is 9.59 Å². The van der Waals surface area contributed by atoms with Crippen LogP contribution < -0.4 is 0 Å². The first-order valence-electron chi connectivity index (χ1n) is 10.5. The number of rotatable bonds is 7. The van der Waals surface area contributed by atoms with E-state index in [9.17, 15) is 22.8 Å². The van der Waals surface area contributed by atoms with E-state index in [4.69, 9.17) is 23.2 Å². The highest BCUT2D eigenvalue weighted by atomic mass is 35.5. The first-order valence-corrected chi connectivity index (χ1v) is 12.8. The lowest BCUT2D eigenvalue weighted by Crippen LogP contribution is -2.15. The number of amides is 1. The second-order valence-electron chi connectivity index (χ2n) is 7.42. The van der Waals surface area contributed by atoms with Gasteiger partial charge in [-0.2, -0.15) is 22.6 Å². The van der Waals surface area contributed by atoms with Crippen LogP contribution in [0, 0.1) is 6.92 Å². The molecule has 0 unspecified atom stereocenters. The van der Waals surface area contributed by atoms with Gasteiger partial charge in [-0.15, -0.1) is 0 Å². The topological polar surface area (TPSA) is 77.2 Å². The summed E-state index contributed by atoms with van der Waals surface area (Å²) in [6.07, 6.45) is -3.85. The Morgan fingerprint density at radius 1 is 1.14 bits per heavy atom. The summed E-state index contributed by atoms with van der Waals surface area (Å²) in [4.78, 5) is 30.3. The van der Waals surface area contributed by atoms with Crippen LogP contribution in [-0.4, -0.2) is 38.0 Å². The van der Waals surface area contributed by atoms with Gasteiger partial charge in [0.15, 0.2) is 17.3 Å². The van der Waals surface area contributed by atoms with E-state index < -0.39 is 34.3 Å². The first kappa shape index (κ1) is 27.0. The van der Waals surface area contributed by atoms with E-state index in [-0.39, 0.29) is 33.5 Å². The number of hydrogen-bond donors (Lipinski definition) is 0. The summed E-state index contributed by atoms with van der Waals surface area (Å²) in [7, 11) is -0.492. The third-order valence-corrected chi connectivity index (χ3v) is 7.38. The van der Waals surface area contributed by atoms with Crippen LogP contribution in [0.2, 0.25) is 10.0 Å². The molecule has 2 aromatic heterocycles. The molecule has 0 aliphatic carbocycles. The van der Waals surface area contributed by atoms with Crippen LogP contribution in [-0.2, 0) is 23.3 Å². The quantitative estimate of drug-likeness (QED) is 0.326. The molecule has 0 atom stereocenters. The van der Waals surface area contributed by atoms with Crippen molar-refractivity contribution in [3.05, 3.63) is 74.7 Å². The van der Waals surface area contributed by atoms with E-state index in [1.54, 1.807) is 13.0 Å². The van der Waals surface area contributed by atoms with Gasteiger partial charge in [0, 0.05) is 40.8 Å². The number of benzene rings is 1. The minimum Gasteiger partial charge on any atom is -0.292 e. The Hall–Kier alpha value is -2.56. The van der Waals surface area contributed by atoms with Gasteiger partial charge in [0.2, 0.25) is 0 Å². The molecule has 3 aromatic rings. The second-order valence-corrected chi connectivity index (χ2v) is 10.5. The van der Waals surface area contributed by atoms with Crippen molar-refractivity contribution in [2.24, 2.45) is 4.36 Å². The number of alkyl halides is 3. The molecule has 0 fully saturated rings. The standard InChI is InChI=1S/C23H21Cl2F3N4O2S/c1-4-35(5-2)31-22(34)16-10-14(24)9-13(3)15(16)11-19(33)18-12-20(23(26,27)28)30-32(18)21-17(25)7-6-8-29-21/h6-10,12H,4-5,11H2,1-3H3. The Morgan fingerprint density at radius 2 is 1.83 bits per heavy atom. The van der Waals surface area contributed by atoms with Crippen molar-refractivity contribution >= 4 is 45.6 Å². The molecule has 3 rings (SSSR count). The molecule has 6 nitrogen and oxygen atoms in total. The highest BCUT2D eigenvalue weighted by Crippen LogP contribution is 2.31. The highest BCUT2D eigenvalue weighted by Gasteiger charge is 2.36. The number of nitrogens with zero attached hydrogens (tertiary/aromatic N) is 4. The van der Waals surface area contributed by atoms with Crippen molar-refractivity contribution in [3.63, 3.8) is 0 Å². The molecule has 0 spiro atoms. The van der Waals surface area contributed by atoms with Crippen LogP contribution in [0.25, 0.3) is 5.82 Å². The fourth-order valence-corrected chi connectivity index (χ4v) is 4.84. The van der Waals surface area contributed by atoms with Gasteiger partial charge in [-0.25, -0.2) is 9.67 Å². The molecule has 12 heteroatoms. The van der Waals surface area contributed by atoms with Crippen molar-refractivity contribution in [1.82, 2.24) is 14.8 Å². The molecule has 0 bridgehead atoms. The van der Waals surface area contributed by atoms with E-state index in [0.29, 0.717) is 28.7 Å². The molecule has 1 aromatic carbocycles. The molecular weight excluding hydrogens is 524 g/mol. The van der Waals surface area contributed by atoms with Crippen LogP contribution in [0.15, 0.2) is 40.9 Å². The number of ketones is 1. The van der Waals surface area contributed by atoms with Gasteiger partial charge in [0.05, 0.1) is 5.02 Å². The van der Waals surface area contributed by atoms with Crippen molar-refractivity contribution in [3.8, 4) is 5.82 Å². The Balaban J connectivity index is 2.11. The summed E-state index contributed by atoms with van der Waals surface area (Å²) < 4.78 is 45.3. The number of carbonyl (C=O) groups excluding carboxylic acids is 2. The molecule has 1 amide bonds. The van der Waals surface area contributed by atoms with E-state index in [0.717, 1.165) is 4.68 Å². The SMILES string of the molecule is CCS(CC)=NC(=O)c1cc(Cl)cc(C)c1CC(=O)c1cc(C(F)(F)F)nn1-c1ncccc1Cl. The van der Waals surface area contributed by atoms with Gasteiger partial charge in [0.1, 0.15) is 5.69 Å². The van der Waals surface area contributed by atoms with E-state index in [1.165, 1.54) is 24.4 Å². The van der Waals surface area contributed by atoms with Gasteiger partial charge < -0.3 is 0 Å². The smallest absolute Gasteiger partial charge is 0.292 e. The lowest BCUT2D eigenvalue weighted by Gasteiger charge is -2.12. The number of pyridine rings is 1. The molecule has 186 valence electrons. The van der Waals surface area contributed by atoms with Crippen LogP contribution >= 0.6 is 23.2 Å². The van der Waals surface area contributed by atoms with Crippen molar-refractivity contribution < 1.29 is 22.8 Å². The molecule has 0 radical (unpaired) electrons. The summed E-state index contributed by atoms with van der Waals surface area (Å²) in [6.45, 7) is 5.50. The molecular formula is C23H21Cl2F3N4O2S. The Bertz CT molecular complexity index is 1320. The second kappa shape index (κ2) is 11.0. The predicted octanol–water partition coefficient (Wildman–Crippen LogP) is 6.31. The fraction of sp³-hybridized carbons (Fsp3) is 0.304. The van der Waals surface area contributed by atoms with Crippen molar-refractivity contribution in [2.75, 3.05) is 11.5 Å². The maximum atomic E-state index is 13.4. The number of Topliss-reactive ketones (excluding diaryl/α,β-unsaturated/α-hetero) is 1. The minimum atomic E-state index is -4.80. The first-order chi connectivity index (χ1) is 16.5. The fourth-order valence-electron chi connectivity index (χ4n) is 3.36. The van der Waals surface area contributed by atoms with Crippen LogP contribution in [0.4, 0.5) is 13.2 Å². The average Bonchev–Trinajstić information content (AvgIpc) is 3.25. The van der Waals surface area contributed by atoms with Crippen molar-refractivity contribution in [1.29, 1.82) is 0 Å². The number of halogens is 5. The highest BCUT2D eigenvalue weighted by molar-refractivity contribution is 7.87. The van der Waals surface area contributed by atoms with Crippen molar-refractivity contribution in [2.45, 2.75) is 33.4 Å². The van der Waals surface area contributed by atoms with Gasteiger partial charge in [-0.05, 0) is 42.3 Å². The summed E-state index contributed by atoms with van der Waals surface area (Å²) in [6, 6.07) is 6.57. The zero-order valence-electron chi connectivity index (χ0n) is 19.0. The third-order valence-electron chi connectivity index (χ3n) is 5.11. The summed E-state index contributed by atoms with van der Waals surface area (Å²) in [5, 5.41) is 3.85. The molecule has 0 aliphatic rings. The molecule has 0 N–H and O–H groups in total. The molecule has 0 saturated heterocycles. The monoisotopic (exact) mass is 544 g/mol. The predicted molar refractivity (Wildman–Crippen MR) is 131 cm³/mol. The molecule has 35 heavy (non-hydrogen) atoms. The Kier molecular flexibility index (Phi) is 8.50. The zero-order valence-corrected chi connectivity index (χ0v) is 21.3. The number of aryl methyl sites for hydroxylation is 1. The molecule has 0 aliphatic heterocycles. The summed E-state index contributed by atoms with van der Waals surface area (Å²) >= 11 is 12.3. The van der Waals surface area contributed by atoms with Gasteiger partial charge in [-0.1, -0.05) is 47.7 Å². The lowest BCUT2D eigenvalue weighted by atomic mass is 9.95. The van der Waals surface area contributed by atoms with Crippen LogP contribution in [0.1, 0.15) is 51.5 Å². The van der Waals surface area contributed by atoms with Crippen LogP contribution in [0.3, 0.4) is 0 Å². The minimum absolute atomic E-state index is 0.0156. The van der Waals surface area contributed by atoms with E-state index >= 15 is 0 Å². The maximum Gasteiger partial charge on any atom is 0.435 e. The largest absolute Gasteiger partial charge is 0.435 e. The number of carbonyl (C=O) groups is 2. The Labute approximate surface area is 212 Å².